The maximum Gasteiger partial charge on any atom is 0.248 e. The van der Waals surface area contributed by atoms with Gasteiger partial charge in [0.15, 0.2) is 0 Å². The molecule has 5 rings (SSSR count). The number of nitrogens with zero attached hydrogens (tertiary/aromatic N) is 2. The molecule has 2 aromatic carbocycles. The van der Waals surface area contributed by atoms with Crippen molar-refractivity contribution in [3.8, 4) is 11.1 Å². The summed E-state index contributed by atoms with van der Waals surface area (Å²) >= 11 is 0. The minimum atomic E-state index is -0.489. The van der Waals surface area contributed by atoms with Crippen molar-refractivity contribution in [3.05, 3.63) is 59.9 Å². The van der Waals surface area contributed by atoms with Crippen molar-refractivity contribution < 1.29 is 23.8 Å². The van der Waals surface area contributed by atoms with Gasteiger partial charge in [-0.05, 0) is 41.7 Å². The molecule has 0 aromatic heterocycles. The fourth-order valence-electron chi connectivity index (χ4n) is 5.44. The first-order chi connectivity index (χ1) is 15.5. The number of carbonyl (C=O) groups is 2. The number of amides is 2. The second kappa shape index (κ2) is 7.98. The summed E-state index contributed by atoms with van der Waals surface area (Å²) in [6.07, 6.45) is 1.78. The molecule has 0 unspecified atom stereocenters. The van der Waals surface area contributed by atoms with Crippen molar-refractivity contribution in [3.63, 3.8) is 0 Å². The molecule has 1 saturated carbocycles. The molecule has 32 heavy (non-hydrogen) atoms. The summed E-state index contributed by atoms with van der Waals surface area (Å²) in [5.41, 5.74) is 2.22. The molecular weight excluding hydrogens is 411 g/mol. The zero-order valence-electron chi connectivity index (χ0n) is 18.0. The first-order valence-electron chi connectivity index (χ1n) is 11.0. The Hall–Kier alpha value is -2.77. The summed E-state index contributed by atoms with van der Waals surface area (Å²) in [4.78, 5) is 29.0. The third-order valence-corrected chi connectivity index (χ3v) is 7.10. The Morgan fingerprint density at radius 1 is 1.12 bits per heavy atom. The van der Waals surface area contributed by atoms with E-state index in [9.17, 15) is 19.1 Å². The molecular formula is C25H27FN2O4. The van der Waals surface area contributed by atoms with Gasteiger partial charge in [-0.25, -0.2) is 4.39 Å². The van der Waals surface area contributed by atoms with Gasteiger partial charge in [0.2, 0.25) is 11.8 Å². The zero-order valence-corrected chi connectivity index (χ0v) is 18.0. The van der Waals surface area contributed by atoms with Gasteiger partial charge in [-0.15, -0.1) is 0 Å². The highest BCUT2D eigenvalue weighted by Crippen LogP contribution is 2.55. The average molecular weight is 438 g/mol. The monoisotopic (exact) mass is 438 g/mol. The lowest BCUT2D eigenvalue weighted by molar-refractivity contribution is -0.205. The summed E-state index contributed by atoms with van der Waals surface area (Å²) in [5, 5.41) is 10.2. The van der Waals surface area contributed by atoms with Crippen LogP contribution in [-0.2, 0) is 14.3 Å². The Kier molecular flexibility index (Phi) is 5.26. The predicted octanol–water partition coefficient (Wildman–Crippen LogP) is 2.42. The third-order valence-electron chi connectivity index (χ3n) is 7.10. The fraction of sp³-hybridized carbons (Fsp3) is 0.440. The molecule has 3 fully saturated rings. The van der Waals surface area contributed by atoms with Crippen molar-refractivity contribution in [2.75, 3.05) is 33.4 Å². The van der Waals surface area contributed by atoms with Crippen molar-refractivity contribution >= 4 is 11.8 Å². The largest absolute Gasteiger partial charge is 0.394 e. The van der Waals surface area contributed by atoms with E-state index in [1.807, 2.05) is 35.2 Å². The number of halogens is 1. The number of likely N-dealkylation sites (tertiary alicyclic amines) is 2. The predicted molar refractivity (Wildman–Crippen MR) is 116 cm³/mol. The lowest BCUT2D eigenvalue weighted by atomic mass is 9.60. The lowest BCUT2D eigenvalue weighted by Crippen LogP contribution is -2.86. The number of methoxy groups -OCH3 is 1. The quantitative estimate of drug-likeness (QED) is 0.752. The number of carbonyl (C=O) groups excluding carboxylic acids is 2. The Balaban J connectivity index is 1.43. The molecule has 2 atom stereocenters. The molecule has 1 N–H and O–H groups in total. The Bertz CT molecular complexity index is 1030. The van der Waals surface area contributed by atoms with Gasteiger partial charge in [0.25, 0.3) is 0 Å². The summed E-state index contributed by atoms with van der Waals surface area (Å²) in [7, 11) is 1.49. The van der Waals surface area contributed by atoms with Gasteiger partial charge in [0.05, 0.1) is 18.2 Å². The van der Waals surface area contributed by atoms with E-state index in [1.165, 1.54) is 19.2 Å². The van der Waals surface area contributed by atoms with Crippen LogP contribution >= 0.6 is 0 Å². The van der Waals surface area contributed by atoms with Crippen molar-refractivity contribution in [1.82, 2.24) is 9.80 Å². The van der Waals surface area contributed by atoms with Crippen LogP contribution in [0, 0.1) is 11.7 Å². The van der Waals surface area contributed by atoms with E-state index in [-0.39, 0.29) is 48.7 Å². The second-order valence-corrected chi connectivity index (χ2v) is 9.13. The van der Waals surface area contributed by atoms with Gasteiger partial charge in [-0.1, -0.05) is 36.4 Å². The summed E-state index contributed by atoms with van der Waals surface area (Å²) in [6, 6.07) is 14.0. The number of hydrogen-bond acceptors (Lipinski definition) is 4. The van der Waals surface area contributed by atoms with Crippen molar-refractivity contribution in [1.29, 1.82) is 0 Å². The van der Waals surface area contributed by atoms with Crippen LogP contribution in [0.2, 0.25) is 0 Å². The fourth-order valence-corrected chi connectivity index (χ4v) is 5.44. The van der Waals surface area contributed by atoms with Crippen molar-refractivity contribution in [2.45, 2.75) is 30.3 Å². The number of hydrogen-bond donors (Lipinski definition) is 1. The third kappa shape index (κ3) is 3.31. The van der Waals surface area contributed by atoms with Gasteiger partial charge in [-0.3, -0.25) is 9.59 Å². The number of benzene rings is 2. The Morgan fingerprint density at radius 3 is 2.44 bits per heavy atom. The van der Waals surface area contributed by atoms with Crippen LogP contribution in [0.5, 0.6) is 0 Å². The van der Waals surface area contributed by atoms with E-state index in [0.29, 0.717) is 13.1 Å². The van der Waals surface area contributed by atoms with Crippen LogP contribution in [0.1, 0.15) is 24.3 Å². The average Bonchev–Trinajstić information content (AvgIpc) is 3.58. The highest BCUT2D eigenvalue weighted by Gasteiger charge is 2.68. The summed E-state index contributed by atoms with van der Waals surface area (Å²) in [6.45, 7) is 0.784. The highest BCUT2D eigenvalue weighted by molar-refractivity contribution is 5.86. The molecule has 1 aliphatic carbocycles. The number of rotatable bonds is 6. The maximum absolute atomic E-state index is 13.6. The van der Waals surface area contributed by atoms with Crippen molar-refractivity contribution in [2.24, 2.45) is 5.92 Å². The van der Waals surface area contributed by atoms with E-state index >= 15 is 0 Å². The second-order valence-electron chi connectivity index (χ2n) is 9.13. The topological polar surface area (TPSA) is 70.1 Å². The first kappa shape index (κ1) is 21.1. The van der Waals surface area contributed by atoms with E-state index in [4.69, 9.17) is 4.74 Å². The Labute approximate surface area is 186 Å². The molecule has 7 heteroatoms. The molecule has 0 radical (unpaired) electrons. The zero-order chi connectivity index (χ0) is 22.5. The summed E-state index contributed by atoms with van der Waals surface area (Å²) in [5.74, 6) is -0.307. The van der Waals surface area contributed by atoms with Gasteiger partial charge in [-0.2, -0.15) is 0 Å². The molecule has 168 valence electrons. The first-order valence-corrected chi connectivity index (χ1v) is 11.0. The molecule has 2 aliphatic heterocycles. The van der Waals surface area contributed by atoms with Crippen LogP contribution in [0.3, 0.4) is 0 Å². The number of aliphatic hydroxyl groups is 1. The lowest BCUT2D eigenvalue weighted by Gasteiger charge is -2.70. The standard InChI is InChI=1S/C25H27FN2O4/c1-32-13-22(30)27-14-25(15-27)23(21(12-29)28(25)24(31)18-9-10-18)17-7-5-16(6-8-17)19-3-2-4-20(26)11-19/h2-8,11,18,21,23,29H,9-10,12-15H2,1H3/t21-,23+/m1/s1. The van der Waals surface area contributed by atoms with Crippen LogP contribution in [0.15, 0.2) is 48.5 Å². The van der Waals surface area contributed by atoms with Crippen LogP contribution < -0.4 is 0 Å². The minimum absolute atomic E-state index is 0.0169. The molecule has 2 saturated heterocycles. The maximum atomic E-state index is 13.6. The number of aliphatic hydroxyl groups excluding tert-OH is 1. The van der Waals surface area contributed by atoms with Gasteiger partial charge in [0, 0.05) is 32.0 Å². The minimum Gasteiger partial charge on any atom is -0.394 e. The smallest absolute Gasteiger partial charge is 0.248 e. The molecule has 2 heterocycles. The molecule has 6 nitrogen and oxygen atoms in total. The molecule has 3 aliphatic rings. The van der Waals surface area contributed by atoms with Crippen LogP contribution in [0.4, 0.5) is 4.39 Å². The molecule has 1 spiro atoms. The van der Waals surface area contributed by atoms with E-state index in [0.717, 1.165) is 29.5 Å². The van der Waals surface area contributed by atoms with Gasteiger partial charge >= 0.3 is 0 Å². The highest BCUT2D eigenvalue weighted by atomic mass is 19.1. The Morgan fingerprint density at radius 2 is 1.84 bits per heavy atom. The SMILES string of the molecule is COCC(=O)N1CC2(C1)[C@@H](c1ccc(-c3cccc(F)c3)cc1)[C@@H](CO)N2C(=O)C1CC1. The van der Waals surface area contributed by atoms with Gasteiger partial charge in [0.1, 0.15) is 12.4 Å². The van der Waals surface area contributed by atoms with E-state index < -0.39 is 5.54 Å². The van der Waals surface area contributed by atoms with E-state index in [1.54, 1.807) is 11.0 Å². The van der Waals surface area contributed by atoms with Gasteiger partial charge < -0.3 is 19.6 Å². The van der Waals surface area contributed by atoms with Crippen LogP contribution in [0.25, 0.3) is 11.1 Å². The summed E-state index contributed by atoms with van der Waals surface area (Å²) < 4.78 is 18.6. The normalized spacial score (nSPS) is 23.6. The molecule has 0 bridgehead atoms. The number of ether oxygens (including phenoxy) is 1. The molecule has 2 aromatic rings. The molecule has 2 amide bonds. The van der Waals surface area contributed by atoms with E-state index in [2.05, 4.69) is 0 Å². The van der Waals surface area contributed by atoms with Crippen LogP contribution in [-0.4, -0.2) is 71.7 Å².